The number of carbonyl (C=O) groups excluding carboxylic acids is 1. The molecule has 0 bridgehead atoms. The number of rotatable bonds is 5. The van der Waals surface area contributed by atoms with E-state index in [0.717, 1.165) is 11.5 Å². The van der Waals surface area contributed by atoms with Gasteiger partial charge in [-0.3, -0.25) is 0 Å². The summed E-state index contributed by atoms with van der Waals surface area (Å²) in [6.07, 6.45) is 2.95. The molecule has 0 amide bonds. The number of ether oxygens (including phenoxy) is 1. The van der Waals surface area contributed by atoms with Crippen LogP contribution in [0.15, 0.2) is 34.6 Å². The van der Waals surface area contributed by atoms with Crippen molar-refractivity contribution in [2.75, 3.05) is 0 Å². The first-order chi connectivity index (χ1) is 7.58. The highest BCUT2D eigenvalue weighted by molar-refractivity contribution is 5.82. The van der Waals surface area contributed by atoms with Crippen LogP contribution in [-0.4, -0.2) is 12.1 Å². The van der Waals surface area contributed by atoms with Crippen LogP contribution in [0.3, 0.4) is 0 Å². The number of allylic oxidation sites excluding steroid dienone is 1. The topological polar surface area (TPSA) is 51.5 Å². The van der Waals surface area contributed by atoms with E-state index in [4.69, 9.17) is 9.15 Å². The molecule has 0 atom stereocenters. The number of hydrogen-bond donors (Lipinski definition) is 1. The molecule has 0 spiro atoms. The van der Waals surface area contributed by atoms with E-state index in [0.29, 0.717) is 6.54 Å². The lowest BCUT2D eigenvalue weighted by molar-refractivity contribution is -0.141. The van der Waals surface area contributed by atoms with Crippen molar-refractivity contribution in [1.82, 2.24) is 5.32 Å². The van der Waals surface area contributed by atoms with Crippen LogP contribution in [0.25, 0.3) is 0 Å². The number of carbonyl (C=O) groups is 1. The molecule has 0 fully saturated rings. The van der Waals surface area contributed by atoms with Gasteiger partial charge in [-0.25, -0.2) is 4.79 Å². The molecule has 0 aliphatic rings. The molecule has 16 heavy (non-hydrogen) atoms. The average Bonchev–Trinajstić information content (AvgIpc) is 2.65. The predicted molar refractivity (Wildman–Crippen MR) is 60.5 cm³/mol. The molecule has 1 aromatic heterocycles. The molecule has 1 heterocycles. The lowest BCUT2D eigenvalue weighted by Crippen LogP contribution is -2.14. The van der Waals surface area contributed by atoms with Crippen molar-refractivity contribution < 1.29 is 13.9 Å². The van der Waals surface area contributed by atoms with Gasteiger partial charge < -0.3 is 14.5 Å². The number of furan rings is 1. The van der Waals surface area contributed by atoms with Gasteiger partial charge in [-0.2, -0.15) is 0 Å². The SMILES string of the molecule is C/C(=C/C(=O)OC(C)C)NCc1ccco1. The molecule has 0 saturated heterocycles. The largest absolute Gasteiger partial charge is 0.467 e. The van der Waals surface area contributed by atoms with E-state index in [1.807, 2.05) is 32.9 Å². The van der Waals surface area contributed by atoms with E-state index in [2.05, 4.69) is 5.32 Å². The molecule has 0 saturated carbocycles. The van der Waals surface area contributed by atoms with Crippen molar-refractivity contribution >= 4 is 5.97 Å². The van der Waals surface area contributed by atoms with Crippen molar-refractivity contribution in [2.24, 2.45) is 0 Å². The third-order valence-electron chi connectivity index (χ3n) is 1.81. The lowest BCUT2D eigenvalue weighted by atomic mass is 10.4. The van der Waals surface area contributed by atoms with Crippen LogP contribution in [0.4, 0.5) is 0 Å². The second kappa shape index (κ2) is 6.00. The fraction of sp³-hybridized carbons (Fsp3) is 0.417. The zero-order valence-corrected chi connectivity index (χ0v) is 9.82. The Bertz CT molecular complexity index is 352. The standard InChI is InChI=1S/C12H17NO3/c1-9(2)16-12(14)7-10(3)13-8-11-5-4-6-15-11/h4-7,9,13H,8H2,1-3H3/b10-7-. The van der Waals surface area contributed by atoms with Crippen LogP contribution >= 0.6 is 0 Å². The quantitative estimate of drug-likeness (QED) is 0.614. The molecular weight excluding hydrogens is 206 g/mol. The highest BCUT2D eigenvalue weighted by atomic mass is 16.5. The van der Waals surface area contributed by atoms with Crippen molar-refractivity contribution in [3.05, 3.63) is 35.9 Å². The van der Waals surface area contributed by atoms with E-state index < -0.39 is 0 Å². The molecule has 88 valence electrons. The van der Waals surface area contributed by atoms with E-state index in [1.165, 1.54) is 6.08 Å². The minimum atomic E-state index is -0.334. The summed E-state index contributed by atoms with van der Waals surface area (Å²) >= 11 is 0. The van der Waals surface area contributed by atoms with E-state index >= 15 is 0 Å². The molecule has 1 rings (SSSR count). The van der Waals surface area contributed by atoms with Gasteiger partial charge in [0.05, 0.1) is 18.9 Å². The van der Waals surface area contributed by atoms with Crippen molar-refractivity contribution in [3.8, 4) is 0 Å². The van der Waals surface area contributed by atoms with Crippen LogP contribution in [0.5, 0.6) is 0 Å². The zero-order valence-electron chi connectivity index (χ0n) is 9.82. The third kappa shape index (κ3) is 4.68. The maximum absolute atomic E-state index is 11.3. The molecule has 0 aliphatic carbocycles. The summed E-state index contributed by atoms with van der Waals surface area (Å²) in [7, 11) is 0. The molecule has 0 radical (unpaired) electrons. The van der Waals surface area contributed by atoms with E-state index in [-0.39, 0.29) is 12.1 Å². The molecule has 4 nitrogen and oxygen atoms in total. The Kier molecular flexibility index (Phi) is 4.64. The van der Waals surface area contributed by atoms with Gasteiger partial charge in [0.2, 0.25) is 0 Å². The van der Waals surface area contributed by atoms with Crippen LogP contribution < -0.4 is 5.32 Å². The minimum Gasteiger partial charge on any atom is -0.467 e. The lowest BCUT2D eigenvalue weighted by Gasteiger charge is -2.07. The maximum atomic E-state index is 11.3. The average molecular weight is 223 g/mol. The molecule has 0 aromatic carbocycles. The van der Waals surface area contributed by atoms with Crippen molar-refractivity contribution in [3.63, 3.8) is 0 Å². The summed E-state index contributed by atoms with van der Waals surface area (Å²) in [6, 6.07) is 3.69. The summed E-state index contributed by atoms with van der Waals surface area (Å²) in [4.78, 5) is 11.3. The Labute approximate surface area is 95.3 Å². The van der Waals surface area contributed by atoms with Crippen LogP contribution in [0.2, 0.25) is 0 Å². The van der Waals surface area contributed by atoms with Crippen LogP contribution in [-0.2, 0) is 16.1 Å². The fourth-order valence-corrected chi connectivity index (χ4v) is 1.13. The van der Waals surface area contributed by atoms with Gasteiger partial charge in [0, 0.05) is 11.8 Å². The first kappa shape index (κ1) is 12.4. The first-order valence-corrected chi connectivity index (χ1v) is 5.23. The van der Waals surface area contributed by atoms with Gasteiger partial charge in [-0.1, -0.05) is 0 Å². The van der Waals surface area contributed by atoms with Crippen molar-refractivity contribution in [1.29, 1.82) is 0 Å². The number of nitrogens with one attached hydrogen (secondary N) is 1. The molecular formula is C12H17NO3. The Balaban J connectivity index is 2.36. The van der Waals surface area contributed by atoms with E-state index in [9.17, 15) is 4.79 Å². The van der Waals surface area contributed by atoms with Gasteiger partial charge in [-0.05, 0) is 32.9 Å². The molecule has 1 N–H and O–H groups in total. The Morgan fingerprint density at radius 2 is 2.38 bits per heavy atom. The second-order valence-corrected chi connectivity index (χ2v) is 3.75. The Morgan fingerprint density at radius 3 is 2.94 bits per heavy atom. The van der Waals surface area contributed by atoms with Gasteiger partial charge >= 0.3 is 5.97 Å². The zero-order chi connectivity index (χ0) is 12.0. The Morgan fingerprint density at radius 1 is 1.62 bits per heavy atom. The highest BCUT2D eigenvalue weighted by Crippen LogP contribution is 2.01. The van der Waals surface area contributed by atoms with E-state index in [1.54, 1.807) is 6.26 Å². The van der Waals surface area contributed by atoms with Crippen molar-refractivity contribution in [2.45, 2.75) is 33.4 Å². The third-order valence-corrected chi connectivity index (χ3v) is 1.81. The maximum Gasteiger partial charge on any atom is 0.332 e. The number of esters is 1. The highest BCUT2D eigenvalue weighted by Gasteiger charge is 2.02. The van der Waals surface area contributed by atoms with Gasteiger partial charge in [0.25, 0.3) is 0 Å². The molecule has 1 aromatic rings. The second-order valence-electron chi connectivity index (χ2n) is 3.75. The monoisotopic (exact) mass is 223 g/mol. The normalized spacial score (nSPS) is 11.6. The molecule has 4 heteroatoms. The molecule has 0 aliphatic heterocycles. The van der Waals surface area contributed by atoms with Crippen LogP contribution in [0.1, 0.15) is 26.5 Å². The van der Waals surface area contributed by atoms with Gasteiger partial charge in [0.15, 0.2) is 0 Å². The summed E-state index contributed by atoms with van der Waals surface area (Å²) < 4.78 is 10.1. The van der Waals surface area contributed by atoms with Crippen LogP contribution in [0, 0.1) is 0 Å². The summed E-state index contributed by atoms with van der Waals surface area (Å²) in [6.45, 7) is 6.00. The number of hydrogen-bond acceptors (Lipinski definition) is 4. The van der Waals surface area contributed by atoms with Gasteiger partial charge in [0.1, 0.15) is 5.76 Å². The van der Waals surface area contributed by atoms with Gasteiger partial charge in [-0.15, -0.1) is 0 Å². The molecule has 0 unspecified atom stereocenters. The Hall–Kier alpha value is -1.71. The summed E-state index contributed by atoms with van der Waals surface area (Å²) in [5.74, 6) is 0.490. The fourth-order valence-electron chi connectivity index (χ4n) is 1.13. The summed E-state index contributed by atoms with van der Waals surface area (Å²) in [5.41, 5.74) is 0.752. The smallest absolute Gasteiger partial charge is 0.332 e. The minimum absolute atomic E-state index is 0.0957. The first-order valence-electron chi connectivity index (χ1n) is 5.23. The predicted octanol–water partition coefficient (Wildman–Crippen LogP) is 2.22. The summed E-state index contributed by atoms with van der Waals surface area (Å²) in [5, 5.41) is 3.06.